The minimum Gasteiger partial charge on any atom is -0.490 e. The van der Waals surface area contributed by atoms with Crippen LogP contribution in [0.3, 0.4) is 0 Å². The van der Waals surface area contributed by atoms with Gasteiger partial charge in [0.25, 0.3) is 0 Å². The lowest BCUT2D eigenvalue weighted by Gasteiger charge is -2.26. The van der Waals surface area contributed by atoms with Crippen LogP contribution in [0.4, 0.5) is 0 Å². The van der Waals surface area contributed by atoms with Crippen LogP contribution in [-0.2, 0) is 14.9 Å². The minimum absolute atomic E-state index is 0.0167. The van der Waals surface area contributed by atoms with E-state index in [4.69, 9.17) is 14.6 Å². The Labute approximate surface area is 131 Å². The van der Waals surface area contributed by atoms with Crippen LogP contribution in [0.5, 0.6) is 5.75 Å². The summed E-state index contributed by atoms with van der Waals surface area (Å²) in [5, 5.41) is 8.83. The van der Waals surface area contributed by atoms with Gasteiger partial charge in [0.2, 0.25) is 0 Å². The number of ether oxygens (including phenoxy) is 2. The normalized spacial score (nSPS) is 16.9. The van der Waals surface area contributed by atoms with Crippen LogP contribution in [0.15, 0.2) is 24.3 Å². The third kappa shape index (κ3) is 4.60. The standard InChI is InChI=1S/C18H24O4/c1-18(2,3)14-6-4-13(5-7-17(19)20)16(12-14)22-15-8-10-21-11-9-15/h4-7,12,15H,8-11H2,1-3H3,(H,19,20). The number of carboxylic acid groups (broad SMARTS) is 1. The average molecular weight is 304 g/mol. The quantitative estimate of drug-likeness (QED) is 0.863. The van der Waals surface area contributed by atoms with E-state index in [9.17, 15) is 4.79 Å². The number of hydrogen-bond donors (Lipinski definition) is 1. The molecule has 0 aromatic heterocycles. The molecule has 0 bridgehead atoms. The van der Waals surface area contributed by atoms with Crippen LogP contribution >= 0.6 is 0 Å². The van der Waals surface area contributed by atoms with E-state index in [-0.39, 0.29) is 11.5 Å². The molecule has 1 aromatic carbocycles. The van der Waals surface area contributed by atoms with Gasteiger partial charge in [0.15, 0.2) is 0 Å². The van der Waals surface area contributed by atoms with Crippen molar-refractivity contribution >= 4 is 12.0 Å². The second kappa shape index (κ2) is 6.97. The Morgan fingerprint density at radius 3 is 2.59 bits per heavy atom. The van der Waals surface area contributed by atoms with Crippen molar-refractivity contribution in [2.75, 3.05) is 13.2 Å². The molecule has 0 aliphatic carbocycles. The zero-order chi connectivity index (χ0) is 16.2. The van der Waals surface area contributed by atoms with Gasteiger partial charge in [-0.15, -0.1) is 0 Å². The molecular formula is C18H24O4. The number of hydrogen-bond acceptors (Lipinski definition) is 3. The maximum atomic E-state index is 10.8. The Bertz CT molecular complexity index is 549. The lowest BCUT2D eigenvalue weighted by molar-refractivity contribution is -0.131. The molecule has 1 aromatic rings. The minimum atomic E-state index is -0.961. The van der Waals surface area contributed by atoms with Crippen LogP contribution in [0.2, 0.25) is 0 Å². The van der Waals surface area contributed by atoms with Crippen molar-refractivity contribution in [3.63, 3.8) is 0 Å². The van der Waals surface area contributed by atoms with Gasteiger partial charge in [0, 0.05) is 24.5 Å². The topological polar surface area (TPSA) is 55.8 Å². The summed E-state index contributed by atoms with van der Waals surface area (Å²) >= 11 is 0. The van der Waals surface area contributed by atoms with Gasteiger partial charge in [-0.2, -0.15) is 0 Å². The highest BCUT2D eigenvalue weighted by Gasteiger charge is 2.19. The summed E-state index contributed by atoms with van der Waals surface area (Å²) in [5.74, 6) is -0.214. The molecule has 0 amide bonds. The first-order valence-corrected chi connectivity index (χ1v) is 7.66. The first-order valence-electron chi connectivity index (χ1n) is 7.66. The third-order valence-corrected chi connectivity index (χ3v) is 3.75. The predicted molar refractivity (Wildman–Crippen MR) is 86.3 cm³/mol. The summed E-state index contributed by atoms with van der Waals surface area (Å²) in [5.41, 5.74) is 1.98. The predicted octanol–water partition coefficient (Wildman–Crippen LogP) is 3.64. The molecule has 1 saturated heterocycles. The largest absolute Gasteiger partial charge is 0.490 e. The molecule has 1 N–H and O–H groups in total. The van der Waals surface area contributed by atoms with Crippen LogP contribution < -0.4 is 4.74 Å². The van der Waals surface area contributed by atoms with Crippen molar-refractivity contribution in [1.82, 2.24) is 0 Å². The number of carboxylic acids is 1. The number of rotatable bonds is 4. The zero-order valence-corrected chi connectivity index (χ0v) is 13.5. The van der Waals surface area contributed by atoms with Gasteiger partial charge in [0.05, 0.1) is 13.2 Å². The Hall–Kier alpha value is -1.81. The Morgan fingerprint density at radius 1 is 1.32 bits per heavy atom. The summed E-state index contributed by atoms with van der Waals surface area (Å²) in [6.07, 6.45) is 4.58. The molecule has 0 saturated carbocycles. The third-order valence-electron chi connectivity index (χ3n) is 3.75. The van der Waals surface area contributed by atoms with E-state index in [1.54, 1.807) is 6.08 Å². The van der Waals surface area contributed by atoms with E-state index in [0.717, 1.165) is 30.2 Å². The summed E-state index contributed by atoms with van der Waals surface area (Å²) < 4.78 is 11.5. The first-order chi connectivity index (χ1) is 10.4. The van der Waals surface area contributed by atoms with Gasteiger partial charge in [0.1, 0.15) is 11.9 Å². The molecule has 1 heterocycles. The highest BCUT2D eigenvalue weighted by molar-refractivity contribution is 5.85. The smallest absolute Gasteiger partial charge is 0.328 e. The highest BCUT2D eigenvalue weighted by atomic mass is 16.5. The van der Waals surface area contributed by atoms with Crippen LogP contribution in [0, 0.1) is 0 Å². The van der Waals surface area contributed by atoms with Gasteiger partial charge in [-0.3, -0.25) is 0 Å². The van der Waals surface area contributed by atoms with Gasteiger partial charge in [-0.05, 0) is 23.1 Å². The molecular weight excluding hydrogens is 280 g/mol. The second-order valence-corrected chi connectivity index (χ2v) is 6.60. The Morgan fingerprint density at radius 2 is 2.00 bits per heavy atom. The molecule has 0 spiro atoms. The molecule has 0 unspecified atom stereocenters. The van der Waals surface area contributed by atoms with Crippen molar-refractivity contribution in [3.05, 3.63) is 35.4 Å². The van der Waals surface area contributed by atoms with E-state index in [0.29, 0.717) is 13.2 Å². The van der Waals surface area contributed by atoms with Crippen molar-refractivity contribution in [3.8, 4) is 5.75 Å². The fraction of sp³-hybridized carbons (Fsp3) is 0.500. The molecule has 2 rings (SSSR count). The molecule has 1 aliphatic rings. The summed E-state index contributed by atoms with van der Waals surface area (Å²) in [4.78, 5) is 10.8. The molecule has 1 aliphatic heterocycles. The molecule has 1 fully saturated rings. The highest BCUT2D eigenvalue weighted by Crippen LogP contribution is 2.31. The fourth-order valence-electron chi connectivity index (χ4n) is 2.38. The fourth-order valence-corrected chi connectivity index (χ4v) is 2.38. The van der Waals surface area contributed by atoms with E-state index >= 15 is 0 Å². The summed E-state index contributed by atoms with van der Waals surface area (Å²) in [6.45, 7) is 7.86. The summed E-state index contributed by atoms with van der Waals surface area (Å²) in [7, 11) is 0. The Kier molecular flexibility index (Phi) is 5.24. The molecule has 0 radical (unpaired) electrons. The van der Waals surface area contributed by atoms with Crippen LogP contribution in [-0.4, -0.2) is 30.4 Å². The van der Waals surface area contributed by atoms with E-state index in [1.165, 1.54) is 5.56 Å². The second-order valence-electron chi connectivity index (χ2n) is 6.60. The van der Waals surface area contributed by atoms with Gasteiger partial charge < -0.3 is 14.6 Å². The molecule has 120 valence electrons. The first kappa shape index (κ1) is 16.6. The monoisotopic (exact) mass is 304 g/mol. The zero-order valence-electron chi connectivity index (χ0n) is 13.5. The van der Waals surface area contributed by atoms with Crippen LogP contribution in [0.25, 0.3) is 6.08 Å². The number of aliphatic carboxylic acids is 1. The van der Waals surface area contributed by atoms with Crippen molar-refractivity contribution in [2.45, 2.75) is 45.1 Å². The molecule has 0 atom stereocenters. The maximum absolute atomic E-state index is 10.8. The Balaban J connectivity index is 2.29. The lowest BCUT2D eigenvalue weighted by atomic mass is 9.86. The van der Waals surface area contributed by atoms with Crippen LogP contribution in [0.1, 0.15) is 44.7 Å². The van der Waals surface area contributed by atoms with Crippen molar-refractivity contribution < 1.29 is 19.4 Å². The molecule has 4 heteroatoms. The van der Waals surface area contributed by atoms with E-state index in [2.05, 4.69) is 20.8 Å². The summed E-state index contributed by atoms with van der Waals surface area (Å²) in [6, 6.07) is 5.98. The lowest BCUT2D eigenvalue weighted by Crippen LogP contribution is -2.26. The maximum Gasteiger partial charge on any atom is 0.328 e. The molecule has 22 heavy (non-hydrogen) atoms. The number of benzene rings is 1. The van der Waals surface area contributed by atoms with Crippen molar-refractivity contribution in [1.29, 1.82) is 0 Å². The van der Waals surface area contributed by atoms with Gasteiger partial charge in [-0.1, -0.05) is 32.9 Å². The SMILES string of the molecule is CC(C)(C)c1ccc(C=CC(=O)O)c(OC2CCOCC2)c1. The van der Waals surface area contributed by atoms with Crippen molar-refractivity contribution in [2.24, 2.45) is 0 Å². The van der Waals surface area contributed by atoms with Gasteiger partial charge >= 0.3 is 5.97 Å². The van der Waals surface area contributed by atoms with E-state index < -0.39 is 5.97 Å². The number of carbonyl (C=O) groups is 1. The molecule has 4 nitrogen and oxygen atoms in total. The van der Waals surface area contributed by atoms with E-state index in [1.807, 2.05) is 18.2 Å². The van der Waals surface area contributed by atoms with Gasteiger partial charge in [-0.25, -0.2) is 4.79 Å². The average Bonchev–Trinajstić information content (AvgIpc) is 2.46.